The van der Waals surface area contributed by atoms with Gasteiger partial charge in [-0.15, -0.1) is 0 Å². The molecule has 25 heavy (non-hydrogen) atoms. The summed E-state index contributed by atoms with van der Waals surface area (Å²) in [6, 6.07) is 6.06. The van der Waals surface area contributed by atoms with Crippen LogP contribution in [0, 0.1) is 5.92 Å². The van der Waals surface area contributed by atoms with Crippen LogP contribution in [0.4, 0.5) is 0 Å². The fraction of sp³-hybridized carbons (Fsp3) is 0.389. The van der Waals surface area contributed by atoms with Crippen LogP contribution in [-0.2, 0) is 23.8 Å². The predicted octanol–water partition coefficient (Wildman–Crippen LogP) is 2.01. The van der Waals surface area contributed by atoms with Crippen molar-refractivity contribution in [3.8, 4) is 0 Å². The summed E-state index contributed by atoms with van der Waals surface area (Å²) in [5.74, 6) is -3.25. The molecular weight excluding hydrogens is 326 g/mol. The van der Waals surface area contributed by atoms with Crippen molar-refractivity contribution in [3.63, 3.8) is 0 Å². The van der Waals surface area contributed by atoms with Crippen molar-refractivity contribution < 1.29 is 28.6 Å². The minimum Gasteiger partial charge on any atom is -0.462 e. The van der Waals surface area contributed by atoms with Crippen LogP contribution < -0.4 is 5.73 Å². The number of rotatable bonds is 4. The molecule has 1 heterocycles. The molecule has 1 aromatic rings. The Morgan fingerprint density at radius 1 is 1.08 bits per heavy atom. The van der Waals surface area contributed by atoms with Crippen molar-refractivity contribution in [3.05, 3.63) is 41.0 Å². The molecular formula is C18H21NO6. The molecule has 0 radical (unpaired) electrons. The van der Waals surface area contributed by atoms with Crippen molar-refractivity contribution in [2.45, 2.75) is 33.5 Å². The van der Waals surface area contributed by atoms with Crippen LogP contribution in [0.5, 0.6) is 0 Å². The molecule has 0 bridgehead atoms. The van der Waals surface area contributed by atoms with Crippen molar-refractivity contribution in [2.24, 2.45) is 11.7 Å². The van der Waals surface area contributed by atoms with E-state index in [0.717, 1.165) is 0 Å². The summed E-state index contributed by atoms with van der Waals surface area (Å²) >= 11 is 0. The second-order valence-electron chi connectivity index (χ2n) is 6.54. The van der Waals surface area contributed by atoms with Gasteiger partial charge < -0.3 is 19.9 Å². The number of cyclic esters (lactones) is 2. The number of ether oxygens (including phenoxy) is 3. The summed E-state index contributed by atoms with van der Waals surface area (Å²) in [6.07, 6.45) is 0. The number of benzene rings is 1. The van der Waals surface area contributed by atoms with E-state index in [9.17, 15) is 14.4 Å². The van der Waals surface area contributed by atoms with E-state index >= 15 is 0 Å². The maximum atomic E-state index is 12.0. The van der Waals surface area contributed by atoms with Crippen LogP contribution >= 0.6 is 0 Å². The molecule has 0 unspecified atom stereocenters. The zero-order chi connectivity index (χ0) is 18.8. The van der Waals surface area contributed by atoms with Crippen LogP contribution in [0.2, 0.25) is 0 Å². The summed E-state index contributed by atoms with van der Waals surface area (Å²) < 4.78 is 15.2. The van der Waals surface area contributed by atoms with Gasteiger partial charge in [-0.3, -0.25) is 0 Å². The van der Waals surface area contributed by atoms with Crippen LogP contribution in [0.15, 0.2) is 29.8 Å². The van der Waals surface area contributed by atoms with Gasteiger partial charge in [-0.25, -0.2) is 14.4 Å². The van der Waals surface area contributed by atoms with Gasteiger partial charge in [0, 0.05) is 13.8 Å². The Morgan fingerprint density at radius 3 is 2.04 bits per heavy atom. The number of hydrogen-bond donors (Lipinski definition) is 1. The molecule has 0 aliphatic carbocycles. The van der Waals surface area contributed by atoms with Gasteiger partial charge in [0.1, 0.15) is 0 Å². The van der Waals surface area contributed by atoms with Crippen LogP contribution in [0.1, 0.15) is 43.6 Å². The second-order valence-corrected chi connectivity index (χ2v) is 6.54. The topological polar surface area (TPSA) is 105 Å². The average molecular weight is 347 g/mol. The summed E-state index contributed by atoms with van der Waals surface area (Å²) in [4.78, 5) is 35.9. The molecule has 7 heteroatoms. The lowest BCUT2D eigenvalue weighted by Crippen LogP contribution is -2.42. The number of carbonyl (C=O) groups is 3. The molecule has 0 amide bonds. The average Bonchev–Trinajstić information content (AvgIpc) is 2.50. The highest BCUT2D eigenvalue weighted by Gasteiger charge is 2.40. The molecule has 7 nitrogen and oxygen atoms in total. The van der Waals surface area contributed by atoms with E-state index in [1.165, 1.54) is 38.1 Å². The summed E-state index contributed by atoms with van der Waals surface area (Å²) in [5.41, 5.74) is 6.22. The van der Waals surface area contributed by atoms with E-state index in [0.29, 0.717) is 17.7 Å². The van der Waals surface area contributed by atoms with Crippen molar-refractivity contribution in [1.29, 1.82) is 0 Å². The minimum absolute atomic E-state index is 0.0763. The quantitative estimate of drug-likeness (QED) is 0.504. The first-order valence-corrected chi connectivity index (χ1v) is 7.84. The third-order valence-corrected chi connectivity index (χ3v) is 3.33. The third kappa shape index (κ3) is 4.37. The zero-order valence-electron chi connectivity index (χ0n) is 14.6. The maximum absolute atomic E-state index is 12.0. The molecule has 1 saturated heterocycles. The van der Waals surface area contributed by atoms with E-state index < -0.39 is 23.7 Å². The van der Waals surface area contributed by atoms with Gasteiger partial charge in [-0.05, 0) is 23.6 Å². The Bertz CT molecular complexity index is 708. The fourth-order valence-corrected chi connectivity index (χ4v) is 2.13. The minimum atomic E-state index is -1.33. The molecule has 2 rings (SSSR count). The number of carbonyl (C=O) groups excluding carboxylic acids is 3. The smallest absolute Gasteiger partial charge is 0.351 e. The number of esters is 3. The maximum Gasteiger partial charge on any atom is 0.351 e. The molecule has 0 saturated carbocycles. The molecule has 0 spiro atoms. The summed E-state index contributed by atoms with van der Waals surface area (Å²) in [7, 11) is 0. The van der Waals surface area contributed by atoms with E-state index in [2.05, 4.69) is 0 Å². The first kappa shape index (κ1) is 18.5. The van der Waals surface area contributed by atoms with Gasteiger partial charge in [0.2, 0.25) is 0 Å². The lowest BCUT2D eigenvalue weighted by atomic mass is 10.0. The largest absolute Gasteiger partial charge is 0.462 e. The van der Waals surface area contributed by atoms with Gasteiger partial charge in [-0.1, -0.05) is 26.0 Å². The van der Waals surface area contributed by atoms with Crippen LogP contribution in [0.25, 0.3) is 5.70 Å². The molecule has 1 fully saturated rings. The Hall–Kier alpha value is -2.83. The van der Waals surface area contributed by atoms with Gasteiger partial charge in [-0.2, -0.15) is 0 Å². The van der Waals surface area contributed by atoms with Crippen LogP contribution in [0.3, 0.4) is 0 Å². The van der Waals surface area contributed by atoms with E-state index in [-0.39, 0.29) is 17.2 Å². The number of hydrogen-bond acceptors (Lipinski definition) is 7. The van der Waals surface area contributed by atoms with Crippen molar-refractivity contribution in [1.82, 2.24) is 0 Å². The molecule has 1 aromatic carbocycles. The fourth-order valence-electron chi connectivity index (χ4n) is 2.13. The molecule has 1 aliphatic rings. The van der Waals surface area contributed by atoms with Gasteiger partial charge >= 0.3 is 17.9 Å². The summed E-state index contributed by atoms with van der Waals surface area (Å²) in [6.45, 7) is 7.10. The van der Waals surface area contributed by atoms with E-state index in [1.54, 1.807) is 0 Å². The zero-order valence-corrected chi connectivity index (χ0v) is 14.6. The Balaban J connectivity index is 2.23. The highest BCUT2D eigenvalue weighted by atomic mass is 16.7. The Kier molecular flexibility index (Phi) is 5.15. The van der Waals surface area contributed by atoms with E-state index in [1.807, 2.05) is 13.8 Å². The monoisotopic (exact) mass is 347 g/mol. The highest BCUT2D eigenvalue weighted by molar-refractivity contribution is 6.20. The predicted molar refractivity (Wildman–Crippen MR) is 88.9 cm³/mol. The van der Waals surface area contributed by atoms with Crippen LogP contribution in [-0.4, -0.2) is 30.3 Å². The lowest BCUT2D eigenvalue weighted by Gasteiger charge is -2.30. The number of nitrogens with two attached hydrogens (primary N) is 1. The molecule has 1 aliphatic heterocycles. The Labute approximate surface area is 145 Å². The molecule has 0 aromatic heterocycles. The first-order valence-electron chi connectivity index (χ1n) is 7.84. The van der Waals surface area contributed by atoms with Gasteiger partial charge in [0.15, 0.2) is 5.57 Å². The third-order valence-electron chi connectivity index (χ3n) is 3.33. The van der Waals surface area contributed by atoms with Gasteiger partial charge in [0.25, 0.3) is 5.79 Å². The SMILES string of the molecule is CC(C)COC(=O)c1ccc(C(N)=C2C(=O)OC(C)(C)OC2=O)cc1. The first-order chi connectivity index (χ1) is 11.6. The highest BCUT2D eigenvalue weighted by Crippen LogP contribution is 2.26. The summed E-state index contributed by atoms with van der Waals surface area (Å²) in [5, 5.41) is 0. The van der Waals surface area contributed by atoms with E-state index in [4.69, 9.17) is 19.9 Å². The lowest BCUT2D eigenvalue weighted by molar-refractivity contribution is -0.222. The Morgan fingerprint density at radius 2 is 1.56 bits per heavy atom. The molecule has 0 atom stereocenters. The van der Waals surface area contributed by atoms with Crippen molar-refractivity contribution >= 4 is 23.6 Å². The normalized spacial score (nSPS) is 16.3. The van der Waals surface area contributed by atoms with Crippen molar-refractivity contribution in [2.75, 3.05) is 6.61 Å². The van der Waals surface area contributed by atoms with Gasteiger partial charge in [0.05, 0.1) is 17.9 Å². The standard InChI is InChI=1S/C18H21NO6/c1-10(2)9-23-15(20)12-7-5-11(6-8-12)14(19)13-16(21)24-18(3,4)25-17(13)22/h5-8,10H,9,19H2,1-4H3. The second kappa shape index (κ2) is 6.96. The molecule has 134 valence electrons. The molecule has 2 N–H and O–H groups in total.